The average molecular weight is 796 g/mol. The van der Waals surface area contributed by atoms with Crippen LogP contribution in [0.5, 0.6) is 46.0 Å². The van der Waals surface area contributed by atoms with Crippen molar-refractivity contribution >= 4 is 43.4 Å². The number of rotatable bonds is 19. The summed E-state index contributed by atoms with van der Waals surface area (Å²) in [6.07, 6.45) is 6.22. The second-order valence-electron chi connectivity index (χ2n) is 13.2. The highest BCUT2D eigenvalue weighted by atomic mass is 16.5. The highest BCUT2D eigenvalue weighted by Crippen LogP contribution is 2.41. The Morgan fingerprint density at radius 2 is 1.17 bits per heavy atom. The summed E-state index contributed by atoms with van der Waals surface area (Å²) in [6, 6.07) is 22.3. The molecule has 13 nitrogen and oxygen atoms in total. The molecule has 1 aliphatic rings. The highest BCUT2D eigenvalue weighted by molar-refractivity contribution is 6.22. The molecule has 0 saturated carbocycles. The van der Waals surface area contributed by atoms with Crippen molar-refractivity contribution in [2.75, 3.05) is 39.1 Å². The van der Waals surface area contributed by atoms with E-state index in [0.29, 0.717) is 82.2 Å². The van der Waals surface area contributed by atoms with Crippen molar-refractivity contribution in [2.45, 2.75) is 65.2 Å². The molecule has 0 fully saturated rings. The van der Waals surface area contributed by atoms with Gasteiger partial charge in [0.15, 0.2) is 17.3 Å². The van der Waals surface area contributed by atoms with Crippen LogP contribution in [-0.4, -0.2) is 65.5 Å². The van der Waals surface area contributed by atoms with Crippen LogP contribution < -0.4 is 39.1 Å². The van der Waals surface area contributed by atoms with E-state index in [-0.39, 0.29) is 20.1 Å². The van der Waals surface area contributed by atoms with Crippen LogP contribution in [0.4, 0.5) is 11.4 Å². The molecule has 2 atom stereocenters. The molecule has 4 aromatic rings. The Labute approximate surface area is 341 Å². The Hall–Kier alpha value is -6.18. The maximum absolute atomic E-state index is 13.0. The van der Waals surface area contributed by atoms with Gasteiger partial charge in [-0.2, -0.15) is 0 Å². The summed E-state index contributed by atoms with van der Waals surface area (Å²) in [4.78, 5) is 49.7. The third-order valence-electron chi connectivity index (χ3n) is 9.29. The number of fused-ring (bicyclic) bond motifs is 1. The van der Waals surface area contributed by atoms with E-state index < -0.39 is 23.7 Å². The van der Waals surface area contributed by atoms with Crippen LogP contribution in [0.3, 0.4) is 0 Å². The molecule has 307 valence electrons. The van der Waals surface area contributed by atoms with Gasteiger partial charge in [-0.1, -0.05) is 52.4 Å². The van der Waals surface area contributed by atoms with Crippen molar-refractivity contribution in [2.24, 2.45) is 11.8 Å². The van der Waals surface area contributed by atoms with Gasteiger partial charge in [0.2, 0.25) is 11.8 Å². The molecule has 3 N–H and O–H groups in total. The molecule has 2 amide bonds. The molecule has 0 bridgehead atoms. The molecular weight excluding hydrogens is 743 g/mol. The number of hydrogen-bond donors (Lipinski definition) is 3. The molecule has 4 aromatic carbocycles. The summed E-state index contributed by atoms with van der Waals surface area (Å²) >= 11 is 0. The first-order chi connectivity index (χ1) is 27.5. The fourth-order valence-corrected chi connectivity index (χ4v) is 6.03. The first kappa shape index (κ1) is 46.2. The molecule has 0 spiro atoms. The Bertz CT molecular complexity index is 1970. The zero-order chi connectivity index (χ0) is 41.3. The standard InChI is InChI=1S/C22H27NO6.C22H25NO5.B/c1-4-5-6-7-18(22(25)26)21(24)23-19-13-12-17(28-3)14-20(19)29-16-10-8-15(27-2)9-11-16;1-4-5-6-7-17-21(24)18-12-16(27-3)13-19(20(18)23-22(17)25)28-15-10-8-14(26-2)9-11-15;/h8-14,18H,4-7H2,1-3H3,(H,23,24)(H,25,26);8-13,17H,4-7H2,1-3H3,(H,23,25);. The van der Waals surface area contributed by atoms with E-state index in [4.69, 9.17) is 28.4 Å². The number of carboxylic acid groups (broad SMARTS) is 1. The molecular formula is C44H52BN2O11. The van der Waals surface area contributed by atoms with Crippen molar-refractivity contribution in [3.05, 3.63) is 84.4 Å². The SMILES string of the molecule is CCCCCC(C(=O)O)C(=O)Nc1ccc(OC)cc1Oc1ccc(OC)cc1.CCCCCC1C(=O)Nc2c(Oc3ccc(OC)cc3)cc(OC)cc2C1=O.[B]. The van der Waals surface area contributed by atoms with E-state index in [1.165, 1.54) is 14.2 Å². The molecule has 3 radical (unpaired) electrons. The minimum absolute atomic E-state index is 0. The Morgan fingerprint density at radius 3 is 1.71 bits per heavy atom. The van der Waals surface area contributed by atoms with E-state index in [0.717, 1.165) is 32.1 Å². The molecule has 1 aliphatic heterocycles. The maximum atomic E-state index is 13.0. The molecule has 0 aromatic heterocycles. The first-order valence-electron chi connectivity index (χ1n) is 19.0. The average Bonchev–Trinajstić information content (AvgIpc) is 3.22. The van der Waals surface area contributed by atoms with Crippen molar-refractivity contribution in [3.63, 3.8) is 0 Å². The second kappa shape index (κ2) is 23.2. The van der Waals surface area contributed by atoms with Gasteiger partial charge in [-0.25, -0.2) is 0 Å². The van der Waals surface area contributed by atoms with Gasteiger partial charge in [0.1, 0.15) is 46.3 Å². The van der Waals surface area contributed by atoms with Crippen LogP contribution in [0, 0.1) is 11.8 Å². The molecule has 14 heteroatoms. The van der Waals surface area contributed by atoms with Crippen LogP contribution in [0.2, 0.25) is 0 Å². The Morgan fingerprint density at radius 1 is 0.672 bits per heavy atom. The van der Waals surface area contributed by atoms with E-state index in [2.05, 4.69) is 17.6 Å². The minimum Gasteiger partial charge on any atom is -0.497 e. The topological polar surface area (TPSA) is 168 Å². The van der Waals surface area contributed by atoms with Gasteiger partial charge >= 0.3 is 5.97 Å². The molecule has 1 heterocycles. The molecule has 58 heavy (non-hydrogen) atoms. The predicted molar refractivity (Wildman–Crippen MR) is 222 cm³/mol. The number of ether oxygens (including phenoxy) is 6. The maximum Gasteiger partial charge on any atom is 0.316 e. The lowest BCUT2D eigenvalue weighted by atomic mass is 9.87. The number of carbonyl (C=O) groups is 4. The van der Waals surface area contributed by atoms with Gasteiger partial charge < -0.3 is 44.2 Å². The van der Waals surface area contributed by atoms with Crippen LogP contribution in [0.1, 0.15) is 75.6 Å². The quantitative estimate of drug-likeness (QED) is 0.0470. The fraction of sp³-hybridized carbons (Fsp3) is 0.364. The number of aliphatic carboxylic acids is 1. The lowest BCUT2D eigenvalue weighted by molar-refractivity contribution is -0.145. The first-order valence-corrected chi connectivity index (χ1v) is 19.0. The van der Waals surface area contributed by atoms with Crippen molar-refractivity contribution in [1.82, 2.24) is 0 Å². The monoisotopic (exact) mass is 795 g/mol. The summed E-state index contributed by atoms with van der Waals surface area (Å²) < 4.78 is 32.7. The van der Waals surface area contributed by atoms with E-state index in [9.17, 15) is 24.3 Å². The number of methoxy groups -OCH3 is 4. The summed E-state index contributed by atoms with van der Waals surface area (Å²) in [7, 11) is 6.22. The van der Waals surface area contributed by atoms with Crippen LogP contribution in [0.15, 0.2) is 78.9 Å². The zero-order valence-corrected chi connectivity index (χ0v) is 33.9. The molecule has 0 saturated heterocycles. The number of amides is 2. The lowest BCUT2D eigenvalue weighted by Crippen LogP contribution is -2.35. The number of carboxylic acids is 1. The van der Waals surface area contributed by atoms with Gasteiger partial charge in [-0.3, -0.25) is 19.2 Å². The summed E-state index contributed by atoms with van der Waals surface area (Å²) in [5.74, 6) is 0.297. The van der Waals surface area contributed by atoms with Gasteiger partial charge in [-0.05, 0) is 79.6 Å². The van der Waals surface area contributed by atoms with Crippen molar-refractivity contribution in [1.29, 1.82) is 0 Å². The molecule has 0 aliphatic carbocycles. The fourth-order valence-electron chi connectivity index (χ4n) is 6.03. The van der Waals surface area contributed by atoms with Gasteiger partial charge in [0, 0.05) is 26.1 Å². The normalized spacial score (nSPS) is 13.2. The van der Waals surface area contributed by atoms with Gasteiger partial charge in [-0.15, -0.1) is 0 Å². The number of carbonyl (C=O) groups excluding carboxylic acids is 3. The number of benzene rings is 4. The van der Waals surface area contributed by atoms with Crippen LogP contribution in [0.25, 0.3) is 0 Å². The number of unbranched alkanes of at least 4 members (excludes halogenated alkanes) is 4. The zero-order valence-electron chi connectivity index (χ0n) is 33.9. The van der Waals surface area contributed by atoms with E-state index >= 15 is 0 Å². The largest absolute Gasteiger partial charge is 0.497 e. The Balaban J connectivity index is 0.000000305. The predicted octanol–water partition coefficient (Wildman–Crippen LogP) is 9.16. The number of Topliss-reactive ketones (excluding diaryl/α,β-unsaturated/α-hetero) is 1. The van der Waals surface area contributed by atoms with Gasteiger partial charge in [0.25, 0.3) is 0 Å². The van der Waals surface area contributed by atoms with Gasteiger partial charge in [0.05, 0.1) is 39.8 Å². The third kappa shape index (κ3) is 12.7. The Kier molecular flexibility index (Phi) is 18.4. The number of ketones is 1. The number of nitrogens with one attached hydrogen (secondary N) is 2. The summed E-state index contributed by atoms with van der Waals surface area (Å²) in [6.45, 7) is 4.11. The lowest BCUT2D eigenvalue weighted by Gasteiger charge is -2.26. The summed E-state index contributed by atoms with van der Waals surface area (Å²) in [5.41, 5.74) is 1.18. The number of anilines is 2. The van der Waals surface area contributed by atoms with E-state index in [1.807, 2.05) is 6.92 Å². The summed E-state index contributed by atoms with van der Waals surface area (Å²) in [5, 5.41) is 15.0. The minimum atomic E-state index is -1.13. The van der Waals surface area contributed by atoms with Crippen molar-refractivity contribution in [3.8, 4) is 46.0 Å². The third-order valence-corrected chi connectivity index (χ3v) is 9.29. The highest BCUT2D eigenvalue weighted by Gasteiger charge is 2.36. The van der Waals surface area contributed by atoms with E-state index in [1.54, 1.807) is 93.1 Å². The van der Waals surface area contributed by atoms with Crippen LogP contribution >= 0.6 is 0 Å². The molecule has 5 rings (SSSR count). The van der Waals surface area contributed by atoms with Crippen LogP contribution in [-0.2, 0) is 14.4 Å². The number of hydrogen-bond acceptors (Lipinski definition) is 10. The smallest absolute Gasteiger partial charge is 0.316 e. The molecule has 2 unspecified atom stereocenters. The second-order valence-corrected chi connectivity index (χ2v) is 13.2. The van der Waals surface area contributed by atoms with Crippen molar-refractivity contribution < 1.29 is 52.7 Å².